The first-order chi connectivity index (χ1) is 7.45. The number of unbranched alkanes of at least 4 members (excludes halogenated alkanes) is 1. The van der Waals surface area contributed by atoms with Gasteiger partial charge in [0.25, 0.3) is 0 Å². The Morgan fingerprint density at radius 1 is 1.44 bits per heavy atom. The maximum atomic E-state index is 11.1. The summed E-state index contributed by atoms with van der Waals surface area (Å²) in [4.78, 5) is 0.00315. The van der Waals surface area contributed by atoms with Crippen LogP contribution in [0.4, 0.5) is 0 Å². The van der Waals surface area contributed by atoms with Crippen LogP contribution in [0.2, 0.25) is 5.02 Å². The van der Waals surface area contributed by atoms with Gasteiger partial charge >= 0.3 is 0 Å². The minimum Gasteiger partial charge on any atom is -0.492 e. The average Bonchev–Trinajstić information content (AvgIpc) is 2.19. The van der Waals surface area contributed by atoms with Crippen LogP contribution in [0.3, 0.4) is 0 Å². The number of sulfonamides is 1. The second-order valence-electron chi connectivity index (χ2n) is 3.34. The first-order valence-electron chi connectivity index (χ1n) is 4.90. The van der Waals surface area contributed by atoms with Gasteiger partial charge < -0.3 is 4.74 Å². The van der Waals surface area contributed by atoms with Crippen LogP contribution in [0.1, 0.15) is 19.8 Å². The normalized spacial score (nSPS) is 11.4. The van der Waals surface area contributed by atoms with E-state index in [1.165, 1.54) is 18.2 Å². The van der Waals surface area contributed by atoms with Crippen LogP contribution in [-0.2, 0) is 10.0 Å². The Morgan fingerprint density at radius 2 is 2.12 bits per heavy atom. The summed E-state index contributed by atoms with van der Waals surface area (Å²) in [6, 6.07) is 4.15. The van der Waals surface area contributed by atoms with Crippen molar-refractivity contribution in [2.75, 3.05) is 6.61 Å². The summed E-state index contributed by atoms with van der Waals surface area (Å²) in [5.41, 5.74) is 0. The Kier molecular flexibility index (Phi) is 4.58. The molecule has 1 rings (SSSR count). The van der Waals surface area contributed by atoms with E-state index in [0.717, 1.165) is 12.8 Å². The van der Waals surface area contributed by atoms with Gasteiger partial charge in [-0.25, -0.2) is 13.6 Å². The van der Waals surface area contributed by atoms with Gasteiger partial charge in [-0.1, -0.05) is 24.9 Å². The van der Waals surface area contributed by atoms with Crippen molar-refractivity contribution in [2.45, 2.75) is 24.7 Å². The van der Waals surface area contributed by atoms with Gasteiger partial charge in [0.05, 0.1) is 16.5 Å². The lowest BCUT2D eigenvalue weighted by Crippen LogP contribution is -2.12. The maximum absolute atomic E-state index is 11.1. The molecule has 16 heavy (non-hydrogen) atoms. The molecule has 0 bridgehead atoms. The lowest BCUT2D eigenvalue weighted by Gasteiger charge is -2.08. The smallest absolute Gasteiger partial charge is 0.238 e. The average molecular weight is 264 g/mol. The largest absolute Gasteiger partial charge is 0.492 e. The highest BCUT2D eigenvalue weighted by Gasteiger charge is 2.11. The molecule has 0 aliphatic carbocycles. The number of hydrogen-bond acceptors (Lipinski definition) is 3. The van der Waals surface area contributed by atoms with Crippen molar-refractivity contribution in [2.24, 2.45) is 5.14 Å². The first kappa shape index (κ1) is 13.3. The van der Waals surface area contributed by atoms with E-state index in [-0.39, 0.29) is 4.90 Å². The summed E-state index contributed by atoms with van der Waals surface area (Å²) < 4.78 is 27.6. The third kappa shape index (κ3) is 3.66. The van der Waals surface area contributed by atoms with Crippen LogP contribution in [0.25, 0.3) is 0 Å². The minimum atomic E-state index is -3.71. The zero-order valence-corrected chi connectivity index (χ0v) is 10.5. The monoisotopic (exact) mass is 263 g/mol. The molecule has 0 aliphatic rings. The van der Waals surface area contributed by atoms with E-state index in [0.29, 0.717) is 17.4 Å². The molecule has 4 nitrogen and oxygen atoms in total. The summed E-state index contributed by atoms with van der Waals surface area (Å²) in [5.74, 6) is 0.349. The van der Waals surface area contributed by atoms with Crippen molar-refractivity contribution >= 4 is 21.6 Å². The van der Waals surface area contributed by atoms with Gasteiger partial charge in [-0.3, -0.25) is 0 Å². The highest BCUT2D eigenvalue weighted by atomic mass is 35.5. The third-order valence-electron chi connectivity index (χ3n) is 1.99. The summed E-state index contributed by atoms with van der Waals surface area (Å²) >= 11 is 5.86. The minimum absolute atomic E-state index is 0.00315. The zero-order valence-electron chi connectivity index (χ0n) is 8.94. The Hall–Kier alpha value is -0.780. The molecule has 0 aliphatic heterocycles. The number of rotatable bonds is 5. The van der Waals surface area contributed by atoms with Crippen LogP contribution in [-0.4, -0.2) is 15.0 Å². The van der Waals surface area contributed by atoms with Gasteiger partial charge in [-0.05, 0) is 18.6 Å². The lowest BCUT2D eigenvalue weighted by molar-refractivity contribution is 0.309. The number of halogens is 1. The van der Waals surface area contributed by atoms with Crippen LogP contribution in [0.15, 0.2) is 23.1 Å². The molecule has 0 spiro atoms. The molecule has 0 saturated heterocycles. The highest BCUT2D eigenvalue weighted by molar-refractivity contribution is 7.89. The van der Waals surface area contributed by atoms with Gasteiger partial charge in [0.15, 0.2) is 0 Å². The molecule has 0 atom stereocenters. The molecule has 0 amide bonds. The molecule has 90 valence electrons. The second-order valence-corrected chi connectivity index (χ2v) is 5.31. The number of hydrogen-bond donors (Lipinski definition) is 1. The van der Waals surface area contributed by atoms with Crippen LogP contribution in [0, 0.1) is 0 Å². The van der Waals surface area contributed by atoms with Gasteiger partial charge in [0.2, 0.25) is 10.0 Å². The molecule has 1 aromatic rings. The fourth-order valence-electron chi connectivity index (χ4n) is 1.10. The SMILES string of the molecule is CCCCOc1cc(S(N)(=O)=O)ccc1Cl. The molecule has 0 fully saturated rings. The van der Waals surface area contributed by atoms with Gasteiger partial charge in [-0.15, -0.1) is 0 Å². The quantitative estimate of drug-likeness (QED) is 0.828. The molecule has 0 aromatic heterocycles. The van der Waals surface area contributed by atoms with Crippen LogP contribution >= 0.6 is 11.6 Å². The number of primary sulfonamides is 1. The number of nitrogens with two attached hydrogens (primary N) is 1. The molecule has 6 heteroatoms. The van der Waals surface area contributed by atoms with Crippen molar-refractivity contribution in [1.29, 1.82) is 0 Å². The Balaban J connectivity index is 2.91. The predicted molar refractivity (Wildman–Crippen MR) is 63.2 cm³/mol. The third-order valence-corrected chi connectivity index (χ3v) is 3.21. The van der Waals surface area contributed by atoms with Gasteiger partial charge in [-0.2, -0.15) is 0 Å². The molecule has 0 heterocycles. The summed E-state index contributed by atoms with van der Waals surface area (Å²) in [6.45, 7) is 2.54. The van der Waals surface area contributed by atoms with Crippen molar-refractivity contribution < 1.29 is 13.2 Å². The molecular formula is C10H14ClNO3S. The lowest BCUT2D eigenvalue weighted by atomic mass is 10.3. The highest BCUT2D eigenvalue weighted by Crippen LogP contribution is 2.27. The Labute approximate surface area is 100 Å². The van der Waals surface area contributed by atoms with Gasteiger partial charge in [0, 0.05) is 6.07 Å². The van der Waals surface area contributed by atoms with E-state index in [9.17, 15) is 8.42 Å². The van der Waals surface area contributed by atoms with Crippen molar-refractivity contribution in [3.8, 4) is 5.75 Å². The molecule has 0 saturated carbocycles. The fourth-order valence-corrected chi connectivity index (χ4v) is 1.80. The molecule has 2 N–H and O–H groups in total. The van der Waals surface area contributed by atoms with E-state index in [1.54, 1.807) is 0 Å². The molecule has 1 aromatic carbocycles. The summed E-state index contributed by atoms with van der Waals surface area (Å²) in [7, 11) is -3.71. The maximum Gasteiger partial charge on any atom is 0.238 e. The van der Waals surface area contributed by atoms with E-state index in [2.05, 4.69) is 0 Å². The predicted octanol–water partition coefficient (Wildman–Crippen LogP) is 2.17. The van der Waals surface area contributed by atoms with E-state index < -0.39 is 10.0 Å². The van der Waals surface area contributed by atoms with Crippen molar-refractivity contribution in [1.82, 2.24) is 0 Å². The first-order valence-corrected chi connectivity index (χ1v) is 6.82. The van der Waals surface area contributed by atoms with Crippen molar-refractivity contribution in [3.63, 3.8) is 0 Å². The van der Waals surface area contributed by atoms with Crippen LogP contribution < -0.4 is 9.88 Å². The van der Waals surface area contributed by atoms with E-state index in [4.69, 9.17) is 21.5 Å². The molecule has 0 unspecified atom stereocenters. The second kappa shape index (κ2) is 5.52. The topological polar surface area (TPSA) is 69.4 Å². The summed E-state index contributed by atoms with van der Waals surface area (Å²) in [6.07, 6.45) is 1.88. The molecular weight excluding hydrogens is 250 g/mol. The zero-order chi connectivity index (χ0) is 12.2. The standard InChI is InChI=1S/C10H14ClNO3S/c1-2-3-6-15-10-7-8(16(12,13)14)4-5-9(10)11/h4-5,7H,2-3,6H2,1H3,(H2,12,13,14). The van der Waals surface area contributed by atoms with Crippen LogP contribution in [0.5, 0.6) is 5.75 Å². The van der Waals surface area contributed by atoms with E-state index in [1.807, 2.05) is 6.92 Å². The molecule has 0 radical (unpaired) electrons. The Bertz CT molecular complexity index is 459. The van der Waals surface area contributed by atoms with Gasteiger partial charge in [0.1, 0.15) is 5.75 Å². The van der Waals surface area contributed by atoms with E-state index >= 15 is 0 Å². The number of benzene rings is 1. The number of ether oxygens (including phenoxy) is 1. The Morgan fingerprint density at radius 3 is 2.69 bits per heavy atom. The van der Waals surface area contributed by atoms with Crippen molar-refractivity contribution in [3.05, 3.63) is 23.2 Å². The fraction of sp³-hybridized carbons (Fsp3) is 0.400. The summed E-state index contributed by atoms with van der Waals surface area (Å²) in [5, 5.41) is 5.38.